The summed E-state index contributed by atoms with van der Waals surface area (Å²) in [5.41, 5.74) is 4.18. The molecule has 0 bridgehead atoms. The topological polar surface area (TPSA) is 15.3 Å². The molecule has 1 atom stereocenters. The van der Waals surface area contributed by atoms with Gasteiger partial charge in [0.2, 0.25) is 0 Å². The molecule has 1 unspecified atom stereocenters. The Morgan fingerprint density at radius 1 is 1.35 bits per heavy atom. The first kappa shape index (κ1) is 12.6. The summed E-state index contributed by atoms with van der Waals surface area (Å²) in [5.74, 6) is 0. The van der Waals surface area contributed by atoms with Crippen LogP contribution in [0, 0.1) is 13.8 Å². The molecule has 0 amide bonds. The molecule has 1 fully saturated rings. The smallest absolute Gasteiger partial charge is 0.0449 e. The van der Waals surface area contributed by atoms with Gasteiger partial charge in [-0.15, -0.1) is 0 Å². The zero-order valence-corrected chi connectivity index (χ0v) is 11.5. The van der Waals surface area contributed by atoms with Crippen molar-refractivity contribution in [3.63, 3.8) is 0 Å². The van der Waals surface area contributed by atoms with E-state index in [2.05, 4.69) is 56.4 Å². The second kappa shape index (κ2) is 5.19. The van der Waals surface area contributed by atoms with Gasteiger partial charge in [-0.2, -0.15) is 0 Å². The van der Waals surface area contributed by atoms with Crippen molar-refractivity contribution in [1.29, 1.82) is 0 Å². The molecule has 1 aromatic carbocycles. The molecule has 1 aliphatic carbocycles. The Morgan fingerprint density at radius 2 is 2.06 bits per heavy atom. The van der Waals surface area contributed by atoms with Crippen molar-refractivity contribution in [2.24, 2.45) is 0 Å². The highest BCUT2D eigenvalue weighted by molar-refractivity contribution is 5.33. The van der Waals surface area contributed by atoms with Crippen LogP contribution in [0.5, 0.6) is 0 Å². The third kappa shape index (κ3) is 3.08. The van der Waals surface area contributed by atoms with Gasteiger partial charge in [0.1, 0.15) is 0 Å². The van der Waals surface area contributed by atoms with E-state index in [1.165, 1.54) is 29.5 Å². The van der Waals surface area contributed by atoms with Crippen molar-refractivity contribution < 1.29 is 0 Å². The van der Waals surface area contributed by atoms with Gasteiger partial charge in [-0.3, -0.25) is 0 Å². The normalized spacial score (nSPS) is 17.5. The van der Waals surface area contributed by atoms with Crippen LogP contribution in [-0.2, 0) is 0 Å². The van der Waals surface area contributed by atoms with Crippen LogP contribution in [0.3, 0.4) is 0 Å². The first-order valence-corrected chi connectivity index (χ1v) is 6.56. The SMILES string of the molecule is CNC(CN(C)C1CC1)c1cc(C)ccc1C. The number of nitrogens with zero attached hydrogens (tertiary/aromatic N) is 1. The van der Waals surface area contributed by atoms with E-state index in [0.717, 1.165) is 12.6 Å². The van der Waals surface area contributed by atoms with Crippen LogP contribution in [0.2, 0.25) is 0 Å². The Morgan fingerprint density at radius 3 is 2.65 bits per heavy atom. The van der Waals surface area contributed by atoms with Crippen molar-refractivity contribution in [3.8, 4) is 0 Å². The number of aryl methyl sites for hydroxylation is 2. The summed E-state index contributed by atoms with van der Waals surface area (Å²) in [6.45, 7) is 5.47. The summed E-state index contributed by atoms with van der Waals surface area (Å²) in [5, 5.41) is 3.46. The molecule has 17 heavy (non-hydrogen) atoms. The van der Waals surface area contributed by atoms with E-state index in [9.17, 15) is 0 Å². The second-order valence-electron chi connectivity index (χ2n) is 5.37. The first-order valence-electron chi connectivity index (χ1n) is 6.56. The highest BCUT2D eigenvalue weighted by Gasteiger charge is 2.28. The minimum Gasteiger partial charge on any atom is -0.312 e. The molecule has 0 radical (unpaired) electrons. The molecule has 0 aliphatic heterocycles. The molecule has 0 heterocycles. The third-order valence-electron chi connectivity index (χ3n) is 3.80. The molecule has 0 spiro atoms. The monoisotopic (exact) mass is 232 g/mol. The molecule has 2 heteroatoms. The van der Waals surface area contributed by atoms with E-state index in [-0.39, 0.29) is 0 Å². The summed E-state index contributed by atoms with van der Waals surface area (Å²) >= 11 is 0. The largest absolute Gasteiger partial charge is 0.312 e. The molecule has 1 aliphatic rings. The lowest BCUT2D eigenvalue weighted by Crippen LogP contribution is -2.33. The Labute approximate surface area is 105 Å². The predicted octanol–water partition coefficient (Wildman–Crippen LogP) is 2.66. The number of hydrogen-bond donors (Lipinski definition) is 1. The second-order valence-corrected chi connectivity index (χ2v) is 5.37. The van der Waals surface area contributed by atoms with E-state index >= 15 is 0 Å². The molecular weight excluding hydrogens is 208 g/mol. The predicted molar refractivity (Wildman–Crippen MR) is 73.4 cm³/mol. The molecule has 1 N–H and O–H groups in total. The lowest BCUT2D eigenvalue weighted by Gasteiger charge is -2.25. The lowest BCUT2D eigenvalue weighted by molar-refractivity contribution is 0.287. The third-order valence-corrected chi connectivity index (χ3v) is 3.80. The van der Waals surface area contributed by atoms with E-state index in [4.69, 9.17) is 0 Å². The molecule has 94 valence electrons. The minimum absolute atomic E-state index is 0.445. The number of benzene rings is 1. The molecule has 1 saturated carbocycles. The van der Waals surface area contributed by atoms with Gasteiger partial charge in [0, 0.05) is 18.6 Å². The number of rotatable bonds is 5. The van der Waals surface area contributed by atoms with Crippen LogP contribution in [-0.4, -0.2) is 31.6 Å². The van der Waals surface area contributed by atoms with Crippen LogP contribution >= 0.6 is 0 Å². The van der Waals surface area contributed by atoms with Gasteiger partial charge < -0.3 is 10.2 Å². The van der Waals surface area contributed by atoms with Crippen LogP contribution in [0.4, 0.5) is 0 Å². The average molecular weight is 232 g/mol. The van der Waals surface area contributed by atoms with Crippen molar-refractivity contribution in [2.45, 2.75) is 38.8 Å². The number of nitrogens with one attached hydrogen (secondary N) is 1. The summed E-state index contributed by atoms with van der Waals surface area (Å²) in [4.78, 5) is 2.49. The molecule has 0 aromatic heterocycles. The minimum atomic E-state index is 0.445. The summed E-state index contributed by atoms with van der Waals surface area (Å²) in [7, 11) is 4.31. The maximum Gasteiger partial charge on any atom is 0.0449 e. The Kier molecular flexibility index (Phi) is 3.85. The maximum absolute atomic E-state index is 3.46. The lowest BCUT2D eigenvalue weighted by atomic mass is 9.98. The van der Waals surface area contributed by atoms with Crippen molar-refractivity contribution in [2.75, 3.05) is 20.6 Å². The first-order chi connectivity index (χ1) is 8.11. The summed E-state index contributed by atoms with van der Waals surface area (Å²) in [6, 6.07) is 8.01. The van der Waals surface area contributed by atoms with Gasteiger partial charge in [-0.25, -0.2) is 0 Å². The zero-order chi connectivity index (χ0) is 12.4. The molecule has 2 nitrogen and oxygen atoms in total. The highest BCUT2D eigenvalue weighted by Crippen LogP contribution is 2.28. The Balaban J connectivity index is 2.12. The zero-order valence-electron chi connectivity index (χ0n) is 11.5. The maximum atomic E-state index is 3.46. The van der Waals surface area contributed by atoms with Gasteiger partial charge >= 0.3 is 0 Å². The van der Waals surface area contributed by atoms with E-state index < -0.39 is 0 Å². The van der Waals surface area contributed by atoms with E-state index in [0.29, 0.717) is 6.04 Å². The molecule has 0 saturated heterocycles. The van der Waals surface area contributed by atoms with Gasteiger partial charge in [-0.05, 0) is 51.9 Å². The van der Waals surface area contributed by atoms with Gasteiger partial charge in [0.15, 0.2) is 0 Å². The Hall–Kier alpha value is -0.860. The fraction of sp³-hybridized carbons (Fsp3) is 0.600. The van der Waals surface area contributed by atoms with Gasteiger partial charge in [0.25, 0.3) is 0 Å². The molecule has 2 rings (SSSR count). The average Bonchev–Trinajstić information content (AvgIpc) is 3.13. The fourth-order valence-corrected chi connectivity index (χ4v) is 2.43. The summed E-state index contributed by atoms with van der Waals surface area (Å²) < 4.78 is 0. The van der Waals surface area contributed by atoms with Crippen LogP contribution < -0.4 is 5.32 Å². The van der Waals surface area contributed by atoms with Gasteiger partial charge in [0.05, 0.1) is 0 Å². The molecular formula is C15H24N2. The van der Waals surface area contributed by atoms with Crippen LogP contribution in [0.1, 0.15) is 35.6 Å². The fourth-order valence-electron chi connectivity index (χ4n) is 2.43. The molecule has 1 aromatic rings. The van der Waals surface area contributed by atoms with Gasteiger partial charge in [-0.1, -0.05) is 23.8 Å². The van der Waals surface area contributed by atoms with Crippen molar-refractivity contribution in [3.05, 3.63) is 34.9 Å². The Bertz CT molecular complexity index is 383. The van der Waals surface area contributed by atoms with Crippen molar-refractivity contribution in [1.82, 2.24) is 10.2 Å². The standard InChI is InChI=1S/C15H24N2/c1-11-5-6-12(2)14(9-11)15(16-3)10-17(4)13-7-8-13/h5-6,9,13,15-16H,7-8,10H2,1-4H3. The number of hydrogen-bond acceptors (Lipinski definition) is 2. The van der Waals surface area contributed by atoms with Crippen LogP contribution in [0.25, 0.3) is 0 Å². The highest BCUT2D eigenvalue weighted by atomic mass is 15.2. The quantitative estimate of drug-likeness (QED) is 0.839. The van der Waals surface area contributed by atoms with Crippen molar-refractivity contribution >= 4 is 0 Å². The number of likely N-dealkylation sites (N-methyl/N-ethyl adjacent to an activating group) is 2. The summed E-state index contributed by atoms with van der Waals surface area (Å²) in [6.07, 6.45) is 2.75. The van der Waals surface area contributed by atoms with E-state index in [1.807, 2.05) is 0 Å². The van der Waals surface area contributed by atoms with E-state index in [1.54, 1.807) is 0 Å². The van der Waals surface area contributed by atoms with Crippen LogP contribution in [0.15, 0.2) is 18.2 Å².